The van der Waals surface area contributed by atoms with Gasteiger partial charge in [0.2, 0.25) is 0 Å². The first-order valence-electron chi connectivity index (χ1n) is 7.98. The number of carbonyl (C=O) groups excluding carboxylic acids is 1. The minimum Gasteiger partial charge on any atom is -0.490 e. The lowest BCUT2D eigenvalue weighted by Gasteiger charge is -2.15. The molecule has 0 saturated carbocycles. The molecule has 0 fully saturated rings. The minimum absolute atomic E-state index is 0.258. The van der Waals surface area contributed by atoms with Gasteiger partial charge in [-0.15, -0.1) is 0 Å². The van der Waals surface area contributed by atoms with Crippen LogP contribution >= 0.6 is 27.7 Å². The van der Waals surface area contributed by atoms with Gasteiger partial charge in [-0.05, 0) is 64.0 Å². The Balaban J connectivity index is 1.86. The Morgan fingerprint density at radius 2 is 2.00 bits per heavy atom. The number of amidine groups is 1. The molecule has 2 aromatic rings. The molecular formula is C19H17BrN2O3S. The van der Waals surface area contributed by atoms with Crippen LogP contribution in [0, 0.1) is 0 Å². The smallest absolute Gasteiger partial charge is 0.286 e. The fourth-order valence-corrected chi connectivity index (χ4v) is 3.64. The van der Waals surface area contributed by atoms with Gasteiger partial charge in [-0.1, -0.05) is 30.3 Å². The largest absolute Gasteiger partial charge is 0.490 e. The van der Waals surface area contributed by atoms with Gasteiger partial charge in [-0.3, -0.25) is 4.79 Å². The van der Waals surface area contributed by atoms with Gasteiger partial charge in [0.1, 0.15) is 6.61 Å². The number of hydrogen-bond acceptors (Lipinski definition) is 5. The van der Waals surface area contributed by atoms with Crippen molar-refractivity contribution < 1.29 is 14.3 Å². The molecule has 1 aliphatic heterocycles. The van der Waals surface area contributed by atoms with Gasteiger partial charge < -0.3 is 15.2 Å². The zero-order valence-corrected chi connectivity index (χ0v) is 16.5. The highest BCUT2D eigenvalue weighted by molar-refractivity contribution is 9.10. The van der Waals surface area contributed by atoms with Crippen LogP contribution in [0.5, 0.6) is 11.5 Å². The predicted octanol–water partition coefficient (Wildman–Crippen LogP) is 4.36. The van der Waals surface area contributed by atoms with Crippen molar-refractivity contribution in [3.8, 4) is 11.5 Å². The summed E-state index contributed by atoms with van der Waals surface area (Å²) in [5, 5.41) is 0.258. The van der Waals surface area contributed by atoms with E-state index in [1.807, 2.05) is 49.4 Å². The maximum atomic E-state index is 11.8. The Kier molecular flexibility index (Phi) is 6.00. The average molecular weight is 433 g/mol. The fraction of sp³-hybridized carbons (Fsp3) is 0.158. The van der Waals surface area contributed by atoms with Crippen LogP contribution in [0.15, 0.2) is 56.8 Å². The van der Waals surface area contributed by atoms with E-state index < -0.39 is 0 Å². The topological polar surface area (TPSA) is 73.9 Å². The fourth-order valence-electron chi connectivity index (χ4n) is 2.38. The number of nitrogens with zero attached hydrogens (tertiary/aromatic N) is 1. The van der Waals surface area contributed by atoms with Crippen LogP contribution in [-0.4, -0.2) is 17.7 Å². The molecule has 0 unspecified atom stereocenters. The second-order valence-electron chi connectivity index (χ2n) is 5.40. The van der Waals surface area contributed by atoms with E-state index in [4.69, 9.17) is 15.2 Å². The summed E-state index contributed by atoms with van der Waals surface area (Å²) in [7, 11) is 0. The first-order valence-corrected chi connectivity index (χ1v) is 9.59. The molecule has 5 nitrogen and oxygen atoms in total. The number of amides is 1. The van der Waals surface area contributed by atoms with E-state index in [1.165, 1.54) is 0 Å². The Labute approximate surface area is 164 Å². The molecule has 0 atom stereocenters. The van der Waals surface area contributed by atoms with E-state index in [-0.39, 0.29) is 11.1 Å². The van der Waals surface area contributed by atoms with Crippen LogP contribution in [0.2, 0.25) is 0 Å². The van der Waals surface area contributed by atoms with Crippen LogP contribution in [0.1, 0.15) is 18.1 Å². The van der Waals surface area contributed by atoms with E-state index in [1.54, 1.807) is 6.08 Å². The monoisotopic (exact) mass is 432 g/mol. The molecule has 7 heteroatoms. The van der Waals surface area contributed by atoms with Crippen LogP contribution in [0.25, 0.3) is 6.08 Å². The number of thioether (sulfide) groups is 1. The zero-order chi connectivity index (χ0) is 18.5. The summed E-state index contributed by atoms with van der Waals surface area (Å²) in [6, 6.07) is 13.6. The highest BCUT2D eigenvalue weighted by Crippen LogP contribution is 2.39. The molecule has 0 aliphatic carbocycles. The SMILES string of the molecule is CCOc1cc(C=C2SC(N)=NC2=O)cc(Br)c1OCc1ccccc1. The van der Waals surface area contributed by atoms with E-state index in [0.29, 0.717) is 29.6 Å². The number of rotatable bonds is 6. The van der Waals surface area contributed by atoms with Crippen molar-refractivity contribution >= 4 is 44.8 Å². The van der Waals surface area contributed by atoms with Crippen LogP contribution < -0.4 is 15.2 Å². The van der Waals surface area contributed by atoms with Crippen LogP contribution in [0.4, 0.5) is 0 Å². The maximum Gasteiger partial charge on any atom is 0.286 e. The standard InChI is InChI=1S/C19H17BrN2O3S/c1-2-24-15-9-13(10-16-18(23)22-19(21)26-16)8-14(20)17(15)25-11-12-6-4-3-5-7-12/h3-10H,2,11H2,1H3,(H2,21,22,23). The molecule has 0 radical (unpaired) electrons. The summed E-state index contributed by atoms with van der Waals surface area (Å²) in [6.45, 7) is 2.83. The van der Waals surface area contributed by atoms with E-state index in [9.17, 15) is 4.79 Å². The molecule has 1 aliphatic rings. The number of hydrogen-bond donors (Lipinski definition) is 1. The lowest BCUT2D eigenvalue weighted by Crippen LogP contribution is -2.01. The number of nitrogens with two attached hydrogens (primary N) is 1. The molecule has 0 spiro atoms. The van der Waals surface area contributed by atoms with Crippen LogP contribution in [-0.2, 0) is 11.4 Å². The lowest BCUT2D eigenvalue weighted by molar-refractivity contribution is -0.113. The summed E-state index contributed by atoms with van der Waals surface area (Å²) in [6.07, 6.45) is 1.74. The Bertz CT molecular complexity index is 882. The summed E-state index contributed by atoms with van der Waals surface area (Å²) in [5.74, 6) is 0.902. The van der Waals surface area contributed by atoms with Crippen molar-refractivity contribution in [1.82, 2.24) is 0 Å². The molecule has 134 valence electrons. The molecule has 1 amide bonds. The number of halogens is 1. The Morgan fingerprint density at radius 1 is 1.23 bits per heavy atom. The van der Waals surface area contributed by atoms with E-state index in [2.05, 4.69) is 20.9 Å². The highest BCUT2D eigenvalue weighted by Gasteiger charge is 2.20. The maximum absolute atomic E-state index is 11.8. The number of aliphatic imine (C=N–C) groups is 1. The minimum atomic E-state index is -0.328. The van der Waals surface area contributed by atoms with Gasteiger partial charge in [-0.2, -0.15) is 4.99 Å². The summed E-state index contributed by atoms with van der Waals surface area (Å²) in [5.41, 5.74) is 7.46. The summed E-state index contributed by atoms with van der Waals surface area (Å²) < 4.78 is 12.4. The van der Waals surface area contributed by atoms with Gasteiger partial charge in [0.15, 0.2) is 16.7 Å². The number of carbonyl (C=O) groups is 1. The molecule has 0 aromatic heterocycles. The summed E-state index contributed by atoms with van der Waals surface area (Å²) in [4.78, 5) is 16.0. The average Bonchev–Trinajstić information content (AvgIpc) is 2.92. The Hall–Kier alpha value is -2.25. The van der Waals surface area contributed by atoms with Gasteiger partial charge >= 0.3 is 0 Å². The van der Waals surface area contributed by atoms with Gasteiger partial charge in [-0.25, -0.2) is 0 Å². The number of benzene rings is 2. The molecule has 3 rings (SSSR count). The van der Waals surface area contributed by atoms with E-state index in [0.717, 1.165) is 27.4 Å². The molecule has 1 heterocycles. The van der Waals surface area contributed by atoms with Gasteiger partial charge in [0, 0.05) is 0 Å². The molecule has 26 heavy (non-hydrogen) atoms. The molecule has 2 N–H and O–H groups in total. The third-order valence-corrected chi connectivity index (χ3v) is 4.89. The number of ether oxygens (including phenoxy) is 2. The third kappa shape index (κ3) is 4.47. The quantitative estimate of drug-likeness (QED) is 0.686. The van der Waals surface area contributed by atoms with Gasteiger partial charge in [0.05, 0.1) is 16.0 Å². The second kappa shape index (κ2) is 8.42. The van der Waals surface area contributed by atoms with Crippen LogP contribution in [0.3, 0.4) is 0 Å². The van der Waals surface area contributed by atoms with Crippen molar-refractivity contribution in [2.45, 2.75) is 13.5 Å². The van der Waals surface area contributed by atoms with Crippen molar-refractivity contribution in [1.29, 1.82) is 0 Å². The summed E-state index contributed by atoms with van der Waals surface area (Å²) >= 11 is 4.70. The molecule has 2 aromatic carbocycles. The second-order valence-corrected chi connectivity index (χ2v) is 7.32. The molecule has 0 saturated heterocycles. The van der Waals surface area contributed by atoms with Crippen molar-refractivity contribution in [2.75, 3.05) is 6.61 Å². The first-order chi connectivity index (χ1) is 12.6. The van der Waals surface area contributed by atoms with Gasteiger partial charge in [0.25, 0.3) is 5.91 Å². The lowest BCUT2D eigenvalue weighted by atomic mass is 10.2. The van der Waals surface area contributed by atoms with Crippen molar-refractivity contribution in [3.63, 3.8) is 0 Å². The normalized spacial score (nSPS) is 15.2. The molecule has 0 bridgehead atoms. The first kappa shape index (κ1) is 18.5. The molecular weight excluding hydrogens is 416 g/mol. The third-order valence-electron chi connectivity index (χ3n) is 3.49. The predicted molar refractivity (Wildman–Crippen MR) is 108 cm³/mol. The zero-order valence-electron chi connectivity index (χ0n) is 14.1. The highest BCUT2D eigenvalue weighted by atomic mass is 79.9. The van der Waals surface area contributed by atoms with Crippen molar-refractivity contribution in [3.05, 3.63) is 63.0 Å². The van der Waals surface area contributed by atoms with Crippen molar-refractivity contribution in [2.24, 2.45) is 10.7 Å². The Morgan fingerprint density at radius 3 is 2.65 bits per heavy atom. The van der Waals surface area contributed by atoms with E-state index >= 15 is 0 Å².